The zero-order valence-corrected chi connectivity index (χ0v) is 11.1. The minimum atomic E-state index is 0.185. The van der Waals surface area contributed by atoms with Gasteiger partial charge in [0.2, 0.25) is 5.95 Å². The van der Waals surface area contributed by atoms with Crippen molar-refractivity contribution >= 4 is 22.8 Å². The quantitative estimate of drug-likeness (QED) is 0.754. The second-order valence-corrected chi connectivity index (χ2v) is 4.46. The van der Waals surface area contributed by atoms with E-state index >= 15 is 0 Å². The van der Waals surface area contributed by atoms with Crippen LogP contribution >= 0.6 is 0 Å². The maximum absolute atomic E-state index is 5.94. The fourth-order valence-electron chi connectivity index (χ4n) is 2.30. The highest BCUT2D eigenvalue weighted by Crippen LogP contribution is 2.24. The Morgan fingerprint density at radius 1 is 1.15 bits per heavy atom. The number of nitrogens with two attached hydrogens (primary N) is 2. The van der Waals surface area contributed by atoms with E-state index in [0.29, 0.717) is 12.4 Å². The molecule has 0 unspecified atom stereocenters. The van der Waals surface area contributed by atoms with Crippen molar-refractivity contribution in [3.63, 3.8) is 0 Å². The Morgan fingerprint density at radius 3 is 2.75 bits per heavy atom. The van der Waals surface area contributed by atoms with Crippen molar-refractivity contribution in [2.45, 2.75) is 6.54 Å². The molecule has 0 fully saturated rings. The van der Waals surface area contributed by atoms with Gasteiger partial charge in [-0.25, -0.2) is 4.98 Å². The van der Waals surface area contributed by atoms with Gasteiger partial charge in [0.15, 0.2) is 5.82 Å². The Balaban J connectivity index is 2.07. The van der Waals surface area contributed by atoms with Crippen LogP contribution in [0.4, 0.5) is 11.8 Å². The first kappa shape index (κ1) is 12.3. The fraction of sp³-hybridized carbons (Fsp3) is 0.143. The number of nitrogens with zero attached hydrogens (tertiary/aromatic N) is 3. The first-order chi connectivity index (χ1) is 9.69. The summed E-state index contributed by atoms with van der Waals surface area (Å²) in [6.45, 7) is 0.630. The Hall–Kier alpha value is -2.76. The van der Waals surface area contributed by atoms with Gasteiger partial charge >= 0.3 is 0 Å². The van der Waals surface area contributed by atoms with Gasteiger partial charge in [0.1, 0.15) is 11.3 Å². The van der Waals surface area contributed by atoms with Gasteiger partial charge in [0, 0.05) is 11.8 Å². The van der Waals surface area contributed by atoms with E-state index < -0.39 is 0 Å². The zero-order chi connectivity index (χ0) is 14.1. The summed E-state index contributed by atoms with van der Waals surface area (Å²) in [5, 5.41) is 0. The number of nitrogen functional groups attached to an aromatic ring is 2. The number of hydrogen-bond donors (Lipinski definition) is 2. The van der Waals surface area contributed by atoms with E-state index in [9.17, 15) is 0 Å². The summed E-state index contributed by atoms with van der Waals surface area (Å²) in [6, 6.07) is 9.73. The summed E-state index contributed by atoms with van der Waals surface area (Å²) < 4.78 is 7.35. The molecule has 3 aromatic rings. The SMILES string of the molecule is COc1ccccc1Cn1ccc2nc(N)nc(N)c21. The lowest BCUT2D eigenvalue weighted by Crippen LogP contribution is -2.05. The molecule has 0 aliphatic heterocycles. The molecule has 2 aromatic heterocycles. The monoisotopic (exact) mass is 269 g/mol. The van der Waals surface area contributed by atoms with Crippen molar-refractivity contribution in [1.82, 2.24) is 14.5 Å². The molecule has 0 bridgehead atoms. The molecule has 3 rings (SSSR count). The molecule has 0 atom stereocenters. The van der Waals surface area contributed by atoms with Crippen molar-refractivity contribution in [1.29, 1.82) is 0 Å². The van der Waals surface area contributed by atoms with Crippen LogP contribution in [-0.4, -0.2) is 21.6 Å². The van der Waals surface area contributed by atoms with Crippen molar-refractivity contribution in [2.75, 3.05) is 18.6 Å². The molecule has 2 heterocycles. The number of hydrogen-bond acceptors (Lipinski definition) is 5. The normalized spacial score (nSPS) is 10.8. The second-order valence-electron chi connectivity index (χ2n) is 4.46. The Labute approximate surface area is 116 Å². The molecule has 20 heavy (non-hydrogen) atoms. The van der Waals surface area contributed by atoms with Crippen LogP contribution in [0.15, 0.2) is 36.5 Å². The van der Waals surface area contributed by atoms with Crippen LogP contribution in [-0.2, 0) is 6.54 Å². The molecule has 0 saturated carbocycles. The lowest BCUT2D eigenvalue weighted by Gasteiger charge is -2.10. The third kappa shape index (κ3) is 2.01. The van der Waals surface area contributed by atoms with Gasteiger partial charge in [-0.15, -0.1) is 0 Å². The molecule has 0 aliphatic rings. The first-order valence-corrected chi connectivity index (χ1v) is 6.19. The summed E-state index contributed by atoms with van der Waals surface area (Å²) in [7, 11) is 1.66. The van der Waals surface area contributed by atoms with E-state index in [0.717, 1.165) is 22.3 Å². The predicted octanol–water partition coefficient (Wildman–Crippen LogP) is 1.65. The van der Waals surface area contributed by atoms with Crippen molar-refractivity contribution in [3.05, 3.63) is 42.1 Å². The molecule has 1 aromatic carbocycles. The van der Waals surface area contributed by atoms with E-state index in [4.69, 9.17) is 16.2 Å². The maximum Gasteiger partial charge on any atom is 0.222 e. The molecular formula is C14H15N5O. The largest absolute Gasteiger partial charge is 0.496 e. The minimum Gasteiger partial charge on any atom is -0.496 e. The number of methoxy groups -OCH3 is 1. The highest BCUT2D eigenvalue weighted by molar-refractivity contribution is 5.86. The molecule has 0 aliphatic carbocycles. The van der Waals surface area contributed by atoms with E-state index in [1.165, 1.54) is 0 Å². The fourth-order valence-corrected chi connectivity index (χ4v) is 2.30. The molecule has 0 radical (unpaired) electrons. The molecule has 0 amide bonds. The molecule has 6 nitrogen and oxygen atoms in total. The van der Waals surface area contributed by atoms with Gasteiger partial charge < -0.3 is 20.8 Å². The number of ether oxygens (including phenoxy) is 1. The smallest absolute Gasteiger partial charge is 0.222 e. The molecule has 102 valence electrons. The summed E-state index contributed by atoms with van der Waals surface area (Å²) in [4.78, 5) is 8.19. The highest BCUT2D eigenvalue weighted by atomic mass is 16.5. The average molecular weight is 269 g/mol. The van der Waals surface area contributed by atoms with Crippen molar-refractivity contribution in [2.24, 2.45) is 0 Å². The van der Waals surface area contributed by atoms with Gasteiger partial charge in [0.05, 0.1) is 19.2 Å². The van der Waals surface area contributed by atoms with Gasteiger partial charge in [-0.3, -0.25) is 0 Å². The molecule has 0 saturated heterocycles. The average Bonchev–Trinajstić information content (AvgIpc) is 2.82. The summed E-state index contributed by atoms with van der Waals surface area (Å²) >= 11 is 0. The van der Waals surface area contributed by atoms with Crippen LogP contribution in [0.1, 0.15) is 5.56 Å². The number of fused-ring (bicyclic) bond motifs is 1. The Kier molecular flexibility index (Phi) is 2.90. The van der Waals surface area contributed by atoms with Crippen molar-refractivity contribution < 1.29 is 4.74 Å². The first-order valence-electron chi connectivity index (χ1n) is 6.19. The van der Waals surface area contributed by atoms with Crippen molar-refractivity contribution in [3.8, 4) is 5.75 Å². The van der Waals surface area contributed by atoms with Crippen LogP contribution in [0.2, 0.25) is 0 Å². The number of anilines is 2. The van der Waals surface area contributed by atoms with E-state index in [-0.39, 0.29) is 5.95 Å². The molecule has 6 heteroatoms. The number of aromatic nitrogens is 3. The number of para-hydroxylation sites is 1. The van der Waals surface area contributed by atoms with Crippen LogP contribution in [0.3, 0.4) is 0 Å². The highest BCUT2D eigenvalue weighted by Gasteiger charge is 2.10. The van der Waals surface area contributed by atoms with E-state index in [2.05, 4.69) is 9.97 Å². The van der Waals surface area contributed by atoms with Crippen LogP contribution in [0, 0.1) is 0 Å². The van der Waals surface area contributed by atoms with Gasteiger partial charge in [-0.05, 0) is 12.1 Å². The van der Waals surface area contributed by atoms with E-state index in [1.54, 1.807) is 7.11 Å². The maximum atomic E-state index is 5.94. The van der Waals surface area contributed by atoms with Crippen LogP contribution < -0.4 is 16.2 Å². The van der Waals surface area contributed by atoms with Gasteiger partial charge in [0.25, 0.3) is 0 Å². The number of rotatable bonds is 3. The van der Waals surface area contributed by atoms with Crippen LogP contribution in [0.25, 0.3) is 11.0 Å². The van der Waals surface area contributed by atoms with E-state index in [1.807, 2.05) is 41.1 Å². The third-order valence-electron chi connectivity index (χ3n) is 3.19. The summed E-state index contributed by atoms with van der Waals surface area (Å²) in [5.41, 5.74) is 14.1. The lowest BCUT2D eigenvalue weighted by molar-refractivity contribution is 0.408. The lowest BCUT2D eigenvalue weighted by atomic mass is 10.2. The topological polar surface area (TPSA) is 92.0 Å². The predicted molar refractivity (Wildman–Crippen MR) is 78.4 cm³/mol. The van der Waals surface area contributed by atoms with Crippen LogP contribution in [0.5, 0.6) is 5.75 Å². The molecule has 0 spiro atoms. The van der Waals surface area contributed by atoms with Gasteiger partial charge in [-0.2, -0.15) is 4.98 Å². The summed E-state index contributed by atoms with van der Waals surface area (Å²) in [5.74, 6) is 1.40. The Morgan fingerprint density at radius 2 is 1.95 bits per heavy atom. The molecular weight excluding hydrogens is 254 g/mol. The zero-order valence-electron chi connectivity index (χ0n) is 11.1. The standard InChI is InChI=1S/C14H15N5O/c1-20-11-5-3-2-4-9(11)8-19-7-6-10-12(19)13(15)18-14(16)17-10/h2-7H,8H2,1H3,(H4,15,16,17,18). The molecule has 4 N–H and O–H groups in total. The summed E-state index contributed by atoms with van der Waals surface area (Å²) in [6.07, 6.45) is 1.92. The second kappa shape index (κ2) is 4.73. The minimum absolute atomic E-state index is 0.185. The number of benzene rings is 1. The third-order valence-corrected chi connectivity index (χ3v) is 3.19. The Bertz CT molecular complexity index is 765. The van der Waals surface area contributed by atoms with Gasteiger partial charge in [-0.1, -0.05) is 18.2 Å².